The van der Waals surface area contributed by atoms with Crippen molar-refractivity contribution in [1.29, 1.82) is 0 Å². The molecule has 2 nitrogen and oxygen atoms in total. The van der Waals surface area contributed by atoms with Crippen LogP contribution in [-0.2, 0) is 0 Å². The van der Waals surface area contributed by atoms with Crippen LogP contribution in [-0.4, -0.2) is 5.71 Å². The summed E-state index contributed by atoms with van der Waals surface area (Å²) >= 11 is 0. The van der Waals surface area contributed by atoms with Crippen molar-refractivity contribution in [2.75, 3.05) is 5.01 Å². The van der Waals surface area contributed by atoms with Gasteiger partial charge < -0.3 is 0 Å². The number of rotatable bonds is 3. The summed E-state index contributed by atoms with van der Waals surface area (Å²) in [5.41, 5.74) is 7.42. The van der Waals surface area contributed by atoms with E-state index in [9.17, 15) is 0 Å². The molecule has 0 amide bonds. The Labute approximate surface area is 149 Å². The maximum Gasteiger partial charge on any atom is 0.0831 e. The molecule has 0 bridgehead atoms. The monoisotopic (exact) mass is 326 g/mol. The van der Waals surface area contributed by atoms with Crippen molar-refractivity contribution in [3.63, 3.8) is 0 Å². The minimum atomic E-state index is 0.235. The predicted octanol–water partition coefficient (Wildman–Crippen LogP) is 5.66. The molecule has 3 aromatic rings. The van der Waals surface area contributed by atoms with Gasteiger partial charge in [-0.05, 0) is 48.2 Å². The normalized spacial score (nSPS) is 16.8. The average molecular weight is 326 g/mol. The summed E-state index contributed by atoms with van der Waals surface area (Å²) in [6.45, 7) is 4.31. The summed E-state index contributed by atoms with van der Waals surface area (Å²) in [7, 11) is 0. The lowest BCUT2D eigenvalue weighted by atomic mass is 9.98. The highest BCUT2D eigenvalue weighted by Crippen LogP contribution is 2.37. The van der Waals surface area contributed by atoms with Crippen LogP contribution in [0.1, 0.15) is 34.7 Å². The van der Waals surface area contributed by atoms with E-state index in [1.807, 2.05) is 0 Å². The highest BCUT2D eigenvalue weighted by atomic mass is 15.5. The average Bonchev–Trinajstić information content (AvgIpc) is 3.11. The molecule has 3 aromatic carbocycles. The van der Waals surface area contributed by atoms with Crippen molar-refractivity contribution in [2.45, 2.75) is 26.3 Å². The molecule has 1 heterocycles. The maximum absolute atomic E-state index is 5.01. The first-order valence-electron chi connectivity index (χ1n) is 8.77. The summed E-state index contributed by atoms with van der Waals surface area (Å²) < 4.78 is 0. The molecule has 0 saturated carbocycles. The van der Waals surface area contributed by atoms with Gasteiger partial charge in [-0.3, -0.25) is 5.01 Å². The molecule has 0 spiro atoms. The Balaban J connectivity index is 1.77. The molecule has 0 aromatic heterocycles. The van der Waals surface area contributed by atoms with E-state index in [1.165, 1.54) is 22.3 Å². The van der Waals surface area contributed by atoms with E-state index < -0.39 is 0 Å². The standard InChI is InChI=1S/C23H22N2/c1-17-13-14-21(15-18(17)2)25-23(20-11-7-4-8-12-20)16-22(24-25)19-9-5-3-6-10-19/h3-15,23H,16H2,1-2H3/t23-/m0/s1. The summed E-state index contributed by atoms with van der Waals surface area (Å²) in [6.07, 6.45) is 0.918. The van der Waals surface area contributed by atoms with E-state index in [0.29, 0.717) is 0 Å². The highest BCUT2D eigenvalue weighted by Gasteiger charge is 2.29. The molecule has 2 heteroatoms. The Kier molecular flexibility index (Phi) is 4.10. The molecule has 0 radical (unpaired) electrons. The number of benzene rings is 3. The third-order valence-electron chi connectivity index (χ3n) is 4.96. The van der Waals surface area contributed by atoms with E-state index >= 15 is 0 Å². The van der Waals surface area contributed by atoms with Gasteiger partial charge in [-0.25, -0.2) is 0 Å². The summed E-state index contributed by atoms with van der Waals surface area (Å²) in [4.78, 5) is 0. The fourth-order valence-electron chi connectivity index (χ4n) is 3.36. The van der Waals surface area contributed by atoms with Gasteiger partial charge in [0.25, 0.3) is 0 Å². The molecular weight excluding hydrogens is 304 g/mol. The predicted molar refractivity (Wildman–Crippen MR) is 105 cm³/mol. The molecule has 0 fully saturated rings. The zero-order chi connectivity index (χ0) is 17.2. The third-order valence-corrected chi connectivity index (χ3v) is 4.96. The maximum atomic E-state index is 5.01. The summed E-state index contributed by atoms with van der Waals surface area (Å²) in [6, 6.07) is 28.0. The van der Waals surface area contributed by atoms with Crippen molar-refractivity contribution in [3.8, 4) is 0 Å². The van der Waals surface area contributed by atoms with E-state index in [0.717, 1.165) is 17.8 Å². The molecule has 0 aliphatic carbocycles. The van der Waals surface area contributed by atoms with E-state index in [2.05, 4.69) is 97.7 Å². The van der Waals surface area contributed by atoms with Crippen LogP contribution < -0.4 is 5.01 Å². The van der Waals surface area contributed by atoms with Crippen molar-refractivity contribution in [1.82, 2.24) is 0 Å². The molecule has 124 valence electrons. The van der Waals surface area contributed by atoms with Crippen molar-refractivity contribution >= 4 is 11.4 Å². The quantitative estimate of drug-likeness (QED) is 0.606. The Morgan fingerprint density at radius 2 is 1.48 bits per heavy atom. The van der Waals surface area contributed by atoms with Gasteiger partial charge in [0, 0.05) is 6.42 Å². The first-order chi connectivity index (χ1) is 12.2. The van der Waals surface area contributed by atoms with E-state index in [-0.39, 0.29) is 6.04 Å². The Morgan fingerprint density at radius 1 is 0.800 bits per heavy atom. The van der Waals surface area contributed by atoms with Crippen LogP contribution >= 0.6 is 0 Å². The van der Waals surface area contributed by atoms with Gasteiger partial charge in [-0.1, -0.05) is 66.7 Å². The number of nitrogens with zero attached hydrogens (tertiary/aromatic N) is 2. The number of hydrogen-bond acceptors (Lipinski definition) is 2. The smallest absolute Gasteiger partial charge is 0.0831 e. The highest BCUT2D eigenvalue weighted by molar-refractivity contribution is 6.03. The van der Waals surface area contributed by atoms with Gasteiger partial charge in [0.05, 0.1) is 17.4 Å². The number of aryl methyl sites for hydroxylation is 2. The Hall–Kier alpha value is -2.87. The fraction of sp³-hybridized carbons (Fsp3) is 0.174. The lowest BCUT2D eigenvalue weighted by molar-refractivity contribution is 0.708. The van der Waals surface area contributed by atoms with Gasteiger partial charge in [0.1, 0.15) is 0 Å². The Bertz CT molecular complexity index is 898. The zero-order valence-electron chi connectivity index (χ0n) is 14.7. The van der Waals surface area contributed by atoms with Gasteiger partial charge in [-0.15, -0.1) is 0 Å². The second-order valence-electron chi connectivity index (χ2n) is 6.66. The van der Waals surface area contributed by atoms with Crippen molar-refractivity contribution in [3.05, 3.63) is 101 Å². The first kappa shape index (κ1) is 15.6. The topological polar surface area (TPSA) is 15.6 Å². The number of hydrogen-bond donors (Lipinski definition) is 0. The van der Waals surface area contributed by atoms with E-state index in [4.69, 9.17) is 5.10 Å². The van der Waals surface area contributed by atoms with Crippen LogP contribution in [0.3, 0.4) is 0 Å². The molecular formula is C23H22N2. The molecule has 4 rings (SSSR count). The van der Waals surface area contributed by atoms with E-state index in [1.54, 1.807) is 0 Å². The second-order valence-corrected chi connectivity index (χ2v) is 6.66. The lowest BCUT2D eigenvalue weighted by Crippen LogP contribution is -2.18. The van der Waals surface area contributed by atoms with Crippen LogP contribution in [0.25, 0.3) is 0 Å². The van der Waals surface area contributed by atoms with Crippen molar-refractivity contribution in [2.24, 2.45) is 5.10 Å². The van der Waals surface area contributed by atoms with Gasteiger partial charge >= 0.3 is 0 Å². The molecule has 1 atom stereocenters. The Morgan fingerprint density at radius 3 is 2.16 bits per heavy atom. The molecule has 1 aliphatic heterocycles. The van der Waals surface area contributed by atoms with Gasteiger partial charge in [-0.2, -0.15) is 5.10 Å². The van der Waals surface area contributed by atoms with Gasteiger partial charge in [0.2, 0.25) is 0 Å². The lowest BCUT2D eigenvalue weighted by Gasteiger charge is -2.24. The number of anilines is 1. The molecule has 1 aliphatic rings. The molecule has 0 N–H and O–H groups in total. The SMILES string of the molecule is Cc1ccc(N2N=C(c3ccccc3)C[C@H]2c2ccccc2)cc1C. The fourth-order valence-corrected chi connectivity index (χ4v) is 3.36. The first-order valence-corrected chi connectivity index (χ1v) is 8.77. The van der Waals surface area contributed by atoms with Crippen LogP contribution in [0.5, 0.6) is 0 Å². The van der Waals surface area contributed by atoms with Crippen LogP contribution in [0.4, 0.5) is 5.69 Å². The third kappa shape index (κ3) is 3.08. The second kappa shape index (κ2) is 6.56. The van der Waals surface area contributed by atoms with Crippen LogP contribution in [0.2, 0.25) is 0 Å². The van der Waals surface area contributed by atoms with Crippen LogP contribution in [0, 0.1) is 13.8 Å². The van der Waals surface area contributed by atoms with Crippen molar-refractivity contribution < 1.29 is 0 Å². The minimum Gasteiger partial charge on any atom is -0.257 e. The minimum absolute atomic E-state index is 0.235. The molecule has 25 heavy (non-hydrogen) atoms. The number of hydrazone groups is 1. The largest absolute Gasteiger partial charge is 0.257 e. The van der Waals surface area contributed by atoms with Crippen LogP contribution in [0.15, 0.2) is 84.0 Å². The summed E-state index contributed by atoms with van der Waals surface area (Å²) in [5, 5.41) is 7.19. The molecule has 0 unspecified atom stereocenters. The van der Waals surface area contributed by atoms with Gasteiger partial charge in [0.15, 0.2) is 0 Å². The molecule has 0 saturated heterocycles. The summed E-state index contributed by atoms with van der Waals surface area (Å²) in [5.74, 6) is 0. The zero-order valence-corrected chi connectivity index (χ0v) is 14.7.